The van der Waals surface area contributed by atoms with E-state index in [9.17, 15) is 9.59 Å². The highest BCUT2D eigenvalue weighted by Gasteiger charge is 2.26. The zero-order valence-electron chi connectivity index (χ0n) is 14.5. The van der Waals surface area contributed by atoms with Gasteiger partial charge >= 0.3 is 0 Å². The van der Waals surface area contributed by atoms with Crippen molar-refractivity contribution in [3.63, 3.8) is 0 Å². The van der Waals surface area contributed by atoms with Crippen LogP contribution in [-0.2, 0) is 9.59 Å². The minimum Gasteiger partial charge on any atom is -0.483 e. The SMILES string of the molecule is Cc1cc(Cl)ccc1OCC(=O)N1CCN(CC(=O)NC2CC2)CC1. The van der Waals surface area contributed by atoms with Crippen LogP contribution in [0, 0.1) is 6.92 Å². The fraction of sp³-hybridized carbons (Fsp3) is 0.556. The van der Waals surface area contributed by atoms with E-state index in [-0.39, 0.29) is 18.4 Å². The number of benzene rings is 1. The molecule has 1 aliphatic heterocycles. The third-order valence-electron chi connectivity index (χ3n) is 4.52. The van der Waals surface area contributed by atoms with Gasteiger partial charge in [-0.2, -0.15) is 0 Å². The van der Waals surface area contributed by atoms with E-state index in [0.29, 0.717) is 49.5 Å². The summed E-state index contributed by atoms with van der Waals surface area (Å²) in [6.45, 7) is 5.01. The van der Waals surface area contributed by atoms with Crippen LogP contribution < -0.4 is 10.1 Å². The summed E-state index contributed by atoms with van der Waals surface area (Å²) in [4.78, 5) is 28.0. The van der Waals surface area contributed by atoms with Crippen molar-refractivity contribution in [1.82, 2.24) is 15.1 Å². The summed E-state index contributed by atoms with van der Waals surface area (Å²) in [5.41, 5.74) is 0.909. The van der Waals surface area contributed by atoms with Crippen LogP contribution in [0.4, 0.5) is 0 Å². The molecule has 0 spiro atoms. The molecule has 2 fully saturated rings. The van der Waals surface area contributed by atoms with Gasteiger partial charge in [0.15, 0.2) is 6.61 Å². The molecule has 2 aliphatic rings. The molecule has 1 saturated heterocycles. The van der Waals surface area contributed by atoms with Crippen LogP contribution >= 0.6 is 11.6 Å². The number of carbonyl (C=O) groups excluding carboxylic acids is 2. The number of hydrogen-bond acceptors (Lipinski definition) is 4. The predicted octanol–water partition coefficient (Wildman–Crippen LogP) is 1.45. The molecule has 3 rings (SSSR count). The first-order chi connectivity index (χ1) is 12.0. The Balaban J connectivity index is 1.39. The van der Waals surface area contributed by atoms with Gasteiger partial charge in [-0.3, -0.25) is 14.5 Å². The molecule has 1 aromatic rings. The fourth-order valence-electron chi connectivity index (χ4n) is 2.87. The molecule has 7 heteroatoms. The van der Waals surface area contributed by atoms with Gasteiger partial charge in [-0.15, -0.1) is 0 Å². The predicted molar refractivity (Wildman–Crippen MR) is 95.9 cm³/mol. The molecule has 1 saturated carbocycles. The van der Waals surface area contributed by atoms with Crippen LogP contribution in [0.2, 0.25) is 5.02 Å². The van der Waals surface area contributed by atoms with Gasteiger partial charge in [-0.05, 0) is 43.5 Å². The van der Waals surface area contributed by atoms with Gasteiger partial charge in [-0.1, -0.05) is 11.6 Å². The highest BCUT2D eigenvalue weighted by Crippen LogP contribution is 2.22. The third-order valence-corrected chi connectivity index (χ3v) is 4.76. The number of halogens is 1. The van der Waals surface area contributed by atoms with E-state index in [1.165, 1.54) is 0 Å². The molecule has 25 heavy (non-hydrogen) atoms. The van der Waals surface area contributed by atoms with Gasteiger partial charge < -0.3 is 15.0 Å². The van der Waals surface area contributed by atoms with E-state index in [4.69, 9.17) is 16.3 Å². The third kappa shape index (κ3) is 5.34. The van der Waals surface area contributed by atoms with E-state index in [0.717, 1.165) is 18.4 Å². The summed E-state index contributed by atoms with van der Waals surface area (Å²) >= 11 is 5.92. The number of amides is 2. The summed E-state index contributed by atoms with van der Waals surface area (Å²) < 4.78 is 5.62. The Labute approximate surface area is 153 Å². The molecule has 1 aromatic carbocycles. The van der Waals surface area contributed by atoms with Crippen molar-refractivity contribution in [1.29, 1.82) is 0 Å². The second-order valence-electron chi connectivity index (χ2n) is 6.70. The van der Waals surface area contributed by atoms with Gasteiger partial charge in [0.25, 0.3) is 5.91 Å². The smallest absolute Gasteiger partial charge is 0.260 e. The lowest BCUT2D eigenvalue weighted by molar-refractivity contribution is -0.135. The van der Waals surface area contributed by atoms with Crippen LogP contribution in [0.3, 0.4) is 0 Å². The molecule has 6 nitrogen and oxygen atoms in total. The molecule has 0 aromatic heterocycles. The summed E-state index contributed by atoms with van der Waals surface area (Å²) in [7, 11) is 0. The van der Waals surface area contributed by atoms with E-state index in [2.05, 4.69) is 10.2 Å². The monoisotopic (exact) mass is 365 g/mol. The Hall–Kier alpha value is -1.79. The second-order valence-corrected chi connectivity index (χ2v) is 7.13. The van der Waals surface area contributed by atoms with Gasteiger partial charge in [0.1, 0.15) is 5.75 Å². The van der Waals surface area contributed by atoms with Crippen molar-refractivity contribution in [3.8, 4) is 5.75 Å². The number of nitrogens with zero attached hydrogens (tertiary/aromatic N) is 2. The van der Waals surface area contributed by atoms with E-state index in [1.807, 2.05) is 13.0 Å². The molecule has 1 N–H and O–H groups in total. The number of nitrogens with one attached hydrogen (secondary N) is 1. The molecule has 2 amide bonds. The first kappa shape index (κ1) is 18.0. The lowest BCUT2D eigenvalue weighted by Gasteiger charge is -2.34. The second kappa shape index (κ2) is 8.06. The number of aryl methyl sites for hydroxylation is 1. The summed E-state index contributed by atoms with van der Waals surface area (Å²) in [6.07, 6.45) is 2.20. The van der Waals surface area contributed by atoms with Crippen LogP contribution in [0.1, 0.15) is 18.4 Å². The molecule has 1 heterocycles. The number of hydrogen-bond donors (Lipinski definition) is 1. The highest BCUT2D eigenvalue weighted by molar-refractivity contribution is 6.30. The van der Waals surface area contributed by atoms with Crippen molar-refractivity contribution in [2.24, 2.45) is 0 Å². The molecule has 0 unspecified atom stereocenters. The largest absolute Gasteiger partial charge is 0.483 e. The van der Waals surface area contributed by atoms with Crippen molar-refractivity contribution < 1.29 is 14.3 Å². The zero-order chi connectivity index (χ0) is 17.8. The Kier molecular flexibility index (Phi) is 5.81. The van der Waals surface area contributed by atoms with Crippen molar-refractivity contribution in [2.45, 2.75) is 25.8 Å². The summed E-state index contributed by atoms with van der Waals surface area (Å²) in [6, 6.07) is 5.73. The lowest BCUT2D eigenvalue weighted by atomic mass is 10.2. The minimum atomic E-state index is -0.0311. The van der Waals surface area contributed by atoms with Gasteiger partial charge in [0.05, 0.1) is 6.54 Å². The maximum atomic E-state index is 12.3. The molecule has 0 radical (unpaired) electrons. The molecule has 0 atom stereocenters. The number of rotatable bonds is 6. The number of piperazine rings is 1. The average molecular weight is 366 g/mol. The number of ether oxygens (including phenoxy) is 1. The Morgan fingerprint density at radius 2 is 1.96 bits per heavy atom. The summed E-state index contributed by atoms with van der Waals surface area (Å²) in [5.74, 6) is 0.730. The zero-order valence-corrected chi connectivity index (χ0v) is 15.2. The first-order valence-corrected chi connectivity index (χ1v) is 9.07. The van der Waals surface area contributed by atoms with Crippen LogP contribution in [-0.4, -0.2) is 67.0 Å². The molecule has 0 bridgehead atoms. The van der Waals surface area contributed by atoms with E-state index >= 15 is 0 Å². The van der Waals surface area contributed by atoms with Crippen molar-refractivity contribution in [3.05, 3.63) is 28.8 Å². The first-order valence-electron chi connectivity index (χ1n) is 8.70. The average Bonchev–Trinajstić information content (AvgIpc) is 3.38. The standard InChI is InChI=1S/C18H24ClN3O3/c1-13-10-14(19)2-5-16(13)25-12-18(24)22-8-6-21(7-9-22)11-17(23)20-15-3-4-15/h2,5,10,15H,3-4,6-9,11-12H2,1H3,(H,20,23). The Bertz CT molecular complexity index is 640. The van der Waals surface area contributed by atoms with Crippen LogP contribution in [0.15, 0.2) is 18.2 Å². The summed E-state index contributed by atoms with van der Waals surface area (Å²) in [5, 5.41) is 3.64. The van der Waals surface area contributed by atoms with Crippen molar-refractivity contribution in [2.75, 3.05) is 39.3 Å². The highest BCUT2D eigenvalue weighted by atomic mass is 35.5. The van der Waals surface area contributed by atoms with Crippen molar-refractivity contribution >= 4 is 23.4 Å². The van der Waals surface area contributed by atoms with Crippen LogP contribution in [0.25, 0.3) is 0 Å². The normalized spacial score (nSPS) is 18.1. The maximum absolute atomic E-state index is 12.3. The Morgan fingerprint density at radius 3 is 2.60 bits per heavy atom. The van der Waals surface area contributed by atoms with E-state index in [1.54, 1.807) is 17.0 Å². The maximum Gasteiger partial charge on any atom is 0.260 e. The topological polar surface area (TPSA) is 61.9 Å². The molecular weight excluding hydrogens is 342 g/mol. The molecule has 1 aliphatic carbocycles. The quantitative estimate of drug-likeness (QED) is 0.829. The lowest BCUT2D eigenvalue weighted by Crippen LogP contribution is -2.52. The van der Waals surface area contributed by atoms with Crippen LogP contribution in [0.5, 0.6) is 5.75 Å². The van der Waals surface area contributed by atoms with Gasteiger partial charge in [0, 0.05) is 37.2 Å². The van der Waals surface area contributed by atoms with E-state index < -0.39 is 0 Å². The van der Waals surface area contributed by atoms with Gasteiger partial charge in [-0.25, -0.2) is 0 Å². The minimum absolute atomic E-state index is 0.0185. The molecular formula is C18H24ClN3O3. The fourth-order valence-corrected chi connectivity index (χ4v) is 3.09. The molecule has 136 valence electrons. The number of carbonyl (C=O) groups is 2. The Morgan fingerprint density at radius 1 is 1.24 bits per heavy atom. The van der Waals surface area contributed by atoms with Gasteiger partial charge in [0.2, 0.25) is 5.91 Å².